The number of aliphatic hydroxyl groups excluding tert-OH is 17. The average Bonchev–Trinajstić information content (AvgIpc) is 0.767. The lowest BCUT2D eigenvalue weighted by atomic mass is 9.72. The second-order valence-electron chi connectivity index (χ2n) is 25.3. The molecular formula is C58H87O36+. The molecule has 36 heteroatoms. The van der Waals surface area contributed by atoms with Crippen LogP contribution in [0.3, 0.4) is 0 Å². The van der Waals surface area contributed by atoms with E-state index in [9.17, 15) is 121 Å². The molecule has 0 spiro atoms. The van der Waals surface area contributed by atoms with Gasteiger partial charge in [0.05, 0.1) is 61.4 Å². The van der Waals surface area contributed by atoms with Crippen molar-refractivity contribution in [1.29, 1.82) is 0 Å². The van der Waals surface area contributed by atoms with Gasteiger partial charge in [0.25, 0.3) is 0 Å². The maximum Gasteiger partial charge on any atom is 0.348 e. The molecule has 0 amide bonds. The zero-order valence-electron chi connectivity index (χ0n) is 50.4. The molecule has 4 aliphatic heterocycles. The van der Waals surface area contributed by atoms with E-state index in [1.165, 1.54) is 12.2 Å². The third-order valence-corrected chi connectivity index (χ3v) is 18.7. The molecule has 534 valence electrons. The molecule has 20 N–H and O–H groups in total. The van der Waals surface area contributed by atoms with Gasteiger partial charge in [-0.15, -0.1) is 0 Å². The van der Waals surface area contributed by atoms with Crippen molar-refractivity contribution in [3.63, 3.8) is 0 Å². The molecule has 8 fully saturated rings. The number of carboxylic acid groups (broad SMARTS) is 2. The molecule has 14 unspecified atom stereocenters. The van der Waals surface area contributed by atoms with Gasteiger partial charge in [0.15, 0.2) is 43.3 Å². The van der Waals surface area contributed by atoms with Crippen LogP contribution in [0.1, 0.15) is 77.0 Å². The first-order valence-electron chi connectivity index (χ1n) is 31.1. The van der Waals surface area contributed by atoms with E-state index in [-0.39, 0.29) is 57.3 Å². The summed E-state index contributed by atoms with van der Waals surface area (Å²) in [5.41, 5.74) is 0. The molecule has 31 atom stereocenters. The highest BCUT2D eigenvalue weighted by Crippen LogP contribution is 2.44. The summed E-state index contributed by atoms with van der Waals surface area (Å²) >= 11 is 0. The molecule has 36 nitrogen and oxygen atoms in total. The van der Waals surface area contributed by atoms with Crippen LogP contribution < -0.4 is 0 Å². The number of hydrogen-bond acceptors (Lipinski definition) is 33. The fraction of sp³-hybridized carbons (Fsp3) is 0.828. The van der Waals surface area contributed by atoms with Gasteiger partial charge >= 0.3 is 35.8 Å². The highest BCUT2D eigenvalue weighted by atomic mass is 16.8. The van der Waals surface area contributed by atoms with Crippen LogP contribution in [0.2, 0.25) is 0 Å². The summed E-state index contributed by atoms with van der Waals surface area (Å²) in [5, 5.41) is 202. The zero-order chi connectivity index (χ0) is 68.7. The van der Waals surface area contributed by atoms with E-state index in [0.29, 0.717) is 19.3 Å². The first kappa shape index (κ1) is 75.1. The number of carboxylic acids is 2. The highest BCUT2D eigenvalue weighted by molar-refractivity contribution is 5.93. The minimum atomic E-state index is -2.77. The number of hydrogen-bond donors (Lipinski definition) is 19. The highest BCUT2D eigenvalue weighted by Gasteiger charge is 2.59. The van der Waals surface area contributed by atoms with Crippen LogP contribution in [0.5, 0.6) is 0 Å². The molecule has 4 aliphatic carbocycles. The van der Waals surface area contributed by atoms with Crippen molar-refractivity contribution in [3.05, 3.63) is 24.3 Å². The van der Waals surface area contributed by atoms with Gasteiger partial charge in [-0.3, -0.25) is 9.59 Å². The standard InChI is InChI=1S/C58H86O36/c59-17-34-42(72)46(76)52(92-38(68)8-4-21-2-6-26(61)29(64)10-21)58(89-34)94-53-47(77)44(74)36(19-85-39(69)16-40(70)93-51(55(82)83)49(79)54(80)81)91-57(53)88-33-15-24-27(62)13-23(14-32(24)87-50(33)22-11-30(65)41(71)31(66)12-22)86-56-48(78)45(75)43(73)35(90-56)18-84-37(67)7-3-20-1-5-25(60)28(63)9-20/h3-4,7-8,20-36,41-53,56-66,71-79H,1-2,5-6,9-19H2,(H,80,81)(H,82,83)/p+1/t20?,21?,22?,23?,24?,25?,26?,27?,28?,29?,30?,31?,32?,33?,34-,35-,36-,41?,42-,43-,44+,45+,46+,47+,48-,49-,50?,51+,52-,53-,56-,57-,58+/m1/s1. The van der Waals surface area contributed by atoms with Gasteiger partial charge in [0.1, 0.15) is 99.0 Å². The lowest BCUT2D eigenvalue weighted by Gasteiger charge is -2.50. The number of esters is 4. The van der Waals surface area contributed by atoms with Crippen LogP contribution >= 0.6 is 0 Å². The summed E-state index contributed by atoms with van der Waals surface area (Å²) < 4.78 is 62.2. The van der Waals surface area contributed by atoms with E-state index in [1.807, 2.05) is 0 Å². The Morgan fingerprint density at radius 3 is 1.62 bits per heavy atom. The predicted octanol–water partition coefficient (Wildman–Crippen LogP) is -9.25. The van der Waals surface area contributed by atoms with Gasteiger partial charge in [-0.2, -0.15) is 0 Å². The Morgan fingerprint density at radius 2 is 1.03 bits per heavy atom. The van der Waals surface area contributed by atoms with Gasteiger partial charge < -0.3 is 149 Å². The predicted molar refractivity (Wildman–Crippen MR) is 298 cm³/mol. The Bertz CT molecular complexity index is 2580. The molecule has 4 saturated heterocycles. The summed E-state index contributed by atoms with van der Waals surface area (Å²) in [7, 11) is 0. The Balaban J connectivity index is 1.03. The van der Waals surface area contributed by atoms with Crippen LogP contribution in [-0.2, 0) is 76.1 Å². The maximum atomic E-state index is 13.4. The van der Waals surface area contributed by atoms with E-state index >= 15 is 0 Å². The Morgan fingerprint density at radius 1 is 0.489 bits per heavy atom. The summed E-state index contributed by atoms with van der Waals surface area (Å²) in [6.07, 6.45) is -45.7. The van der Waals surface area contributed by atoms with Gasteiger partial charge in [-0.25, -0.2) is 19.2 Å². The molecule has 0 bridgehead atoms. The van der Waals surface area contributed by atoms with Gasteiger partial charge in [-0.1, -0.05) is 12.2 Å². The third-order valence-electron chi connectivity index (χ3n) is 18.7. The van der Waals surface area contributed by atoms with Gasteiger partial charge in [-0.05, 0) is 69.6 Å². The molecule has 0 aromatic rings. The van der Waals surface area contributed by atoms with Crippen LogP contribution in [0.15, 0.2) is 24.3 Å². The molecule has 94 heavy (non-hydrogen) atoms. The topological polar surface area (TPSA) is 592 Å². The fourth-order valence-corrected chi connectivity index (χ4v) is 13.3. The SMILES string of the molecule is O=C(C=CC1CCC(O)C(O)C1)OC[C@H]1O[C@@H](OC2CC(O)C3CC(O[C@@H]4O[C@H](COC(=O)CC(=O)O[C@H](C(=O)O)[C@@H](O)C(=O)O)[C@H](O)[C@H](O)[C@H]4O[C@@H]4O[C@H](CO)[C@@H](O)[C@H](O)[C@H]4OC(=O)C=CC4CCC(O)C(O)C4)C(C4CC(O)C(O)C(O)C4)[OH+]C3C2)[C@H](O)[C@@H](O)[C@@H]1O. The molecule has 0 aromatic carbocycles. The number of aliphatic carboxylic acids is 2. The fourth-order valence-electron chi connectivity index (χ4n) is 13.3. The van der Waals surface area contributed by atoms with Crippen molar-refractivity contribution in [2.45, 2.75) is 255 Å². The van der Waals surface area contributed by atoms with E-state index in [0.717, 1.165) is 12.2 Å². The third kappa shape index (κ3) is 18.6. The Hall–Kier alpha value is -4.66. The Labute approximate surface area is 534 Å². The van der Waals surface area contributed by atoms with E-state index in [2.05, 4.69) is 4.74 Å². The van der Waals surface area contributed by atoms with Crippen LogP contribution in [0.4, 0.5) is 0 Å². The summed E-state index contributed by atoms with van der Waals surface area (Å²) in [6, 6.07) is 0. The lowest BCUT2D eigenvalue weighted by Crippen LogP contribution is -2.66. The minimum absolute atomic E-state index is 0.0608. The summed E-state index contributed by atoms with van der Waals surface area (Å²) in [5.74, 6) is -12.0. The van der Waals surface area contributed by atoms with Crippen LogP contribution in [0.25, 0.3) is 0 Å². The number of ether oxygens (including phenoxy) is 11. The normalized spacial score (nSPS) is 44.4. The molecular weight excluding hydrogens is 1270 g/mol. The largest absolute Gasteiger partial charge is 0.479 e. The van der Waals surface area contributed by atoms with Crippen molar-refractivity contribution in [3.8, 4) is 0 Å². The van der Waals surface area contributed by atoms with E-state index in [1.54, 1.807) is 0 Å². The quantitative estimate of drug-likeness (QED) is 0.0148. The second-order valence-corrected chi connectivity index (χ2v) is 25.3. The molecule has 4 saturated carbocycles. The van der Waals surface area contributed by atoms with Crippen molar-refractivity contribution in [1.82, 2.24) is 0 Å². The van der Waals surface area contributed by atoms with Crippen molar-refractivity contribution in [2.75, 3.05) is 19.8 Å². The lowest BCUT2D eigenvalue weighted by molar-refractivity contribution is -0.388. The van der Waals surface area contributed by atoms with E-state index < -0.39 is 257 Å². The first-order chi connectivity index (χ1) is 44.4. The number of carbonyl (C=O) groups is 6. The summed E-state index contributed by atoms with van der Waals surface area (Å²) in [4.78, 5) is 74.6. The smallest absolute Gasteiger partial charge is 0.348 e. The van der Waals surface area contributed by atoms with Crippen molar-refractivity contribution >= 4 is 35.8 Å². The number of rotatable bonds is 23. The van der Waals surface area contributed by atoms with Gasteiger partial charge in [0, 0.05) is 30.9 Å². The Kier molecular flexibility index (Phi) is 26.6. The maximum absolute atomic E-state index is 13.4. The number of carbonyl (C=O) groups excluding carboxylic acids is 4. The number of allylic oxidation sites excluding steroid dienone is 2. The minimum Gasteiger partial charge on any atom is -0.479 e. The van der Waals surface area contributed by atoms with Crippen molar-refractivity contribution < 1.29 is 178 Å². The first-order valence-corrected chi connectivity index (χ1v) is 31.1. The summed E-state index contributed by atoms with van der Waals surface area (Å²) in [6.45, 7) is -2.75. The van der Waals surface area contributed by atoms with Crippen molar-refractivity contribution in [2.24, 2.45) is 23.7 Å². The molecule has 0 radical (unpaired) electrons. The van der Waals surface area contributed by atoms with Crippen LogP contribution in [-0.4, -0.2) is 335 Å². The monoisotopic (exact) mass is 1360 g/mol. The molecule has 4 heterocycles. The number of fused-ring (bicyclic) bond motifs is 1. The molecule has 8 rings (SSSR count). The van der Waals surface area contributed by atoms with E-state index in [4.69, 9.17) is 52.5 Å². The molecule has 8 aliphatic rings. The van der Waals surface area contributed by atoms with Gasteiger partial charge in [0.2, 0.25) is 6.10 Å². The average molecular weight is 1360 g/mol. The zero-order valence-corrected chi connectivity index (χ0v) is 50.4. The van der Waals surface area contributed by atoms with Crippen LogP contribution in [0, 0.1) is 23.7 Å². The second kappa shape index (κ2) is 33.3. The number of aliphatic hydroxyl groups is 19. The molecule has 0 aromatic heterocycles.